The Kier molecular flexibility index (Phi) is 6.41. The molecule has 1 heterocycles. The lowest BCUT2D eigenvalue weighted by Gasteiger charge is -2.25. The summed E-state index contributed by atoms with van der Waals surface area (Å²) in [6.45, 7) is 5.04. The van der Waals surface area contributed by atoms with Gasteiger partial charge in [0.05, 0.1) is 5.25 Å². The van der Waals surface area contributed by atoms with E-state index in [1.807, 2.05) is 55.1 Å². The summed E-state index contributed by atoms with van der Waals surface area (Å²) in [5.74, 6) is 0.107. The van der Waals surface area contributed by atoms with Crippen LogP contribution in [0.4, 0.5) is 0 Å². The minimum Gasteiger partial charge on any atom is -0.333 e. The molecule has 134 valence electrons. The summed E-state index contributed by atoms with van der Waals surface area (Å²) in [6.07, 6.45) is 0. The van der Waals surface area contributed by atoms with Crippen LogP contribution in [-0.4, -0.2) is 26.3 Å². The van der Waals surface area contributed by atoms with E-state index < -0.39 is 0 Å². The fourth-order valence-corrected chi connectivity index (χ4v) is 4.65. The molecule has 0 N–H and O–H groups in total. The third kappa shape index (κ3) is 5.16. The van der Waals surface area contributed by atoms with Crippen LogP contribution < -0.4 is 0 Å². The highest BCUT2D eigenvalue weighted by Crippen LogP contribution is 2.28. The maximum Gasteiger partial charge on any atom is 0.236 e. The van der Waals surface area contributed by atoms with Crippen molar-refractivity contribution in [3.05, 3.63) is 76.8 Å². The second-order valence-corrected chi connectivity index (χ2v) is 8.78. The van der Waals surface area contributed by atoms with Crippen LogP contribution in [0.3, 0.4) is 0 Å². The number of rotatable bonds is 7. The zero-order chi connectivity index (χ0) is 18.4. The Bertz CT molecular complexity index is 795. The fourth-order valence-electron chi connectivity index (χ4n) is 2.60. The Morgan fingerprint density at radius 1 is 1.00 bits per heavy atom. The van der Waals surface area contributed by atoms with E-state index in [9.17, 15) is 4.79 Å². The Morgan fingerprint density at radius 2 is 1.54 bits per heavy atom. The molecular weight excluding hydrogens is 362 g/mol. The van der Waals surface area contributed by atoms with Gasteiger partial charge >= 0.3 is 0 Å². The number of nitrogens with zero attached hydrogens (tertiary/aromatic N) is 3. The Labute approximate surface area is 162 Å². The van der Waals surface area contributed by atoms with Crippen LogP contribution >= 0.6 is 23.1 Å². The van der Waals surface area contributed by atoms with Crippen LogP contribution in [0.25, 0.3) is 0 Å². The normalized spacial score (nSPS) is 11.9. The van der Waals surface area contributed by atoms with Crippen molar-refractivity contribution in [3.8, 4) is 0 Å². The minimum absolute atomic E-state index is 0.107. The molecule has 3 aromatic rings. The first-order valence-electron chi connectivity index (χ1n) is 8.45. The SMILES string of the molecule is Cc1nnc(S[C@@H](C)C(=O)N(Cc2ccccc2)Cc2ccccc2)s1. The van der Waals surface area contributed by atoms with Crippen LogP contribution in [-0.2, 0) is 17.9 Å². The van der Waals surface area contributed by atoms with Gasteiger partial charge in [-0.25, -0.2) is 0 Å². The van der Waals surface area contributed by atoms with Crippen molar-refractivity contribution in [1.29, 1.82) is 0 Å². The molecule has 1 aromatic heterocycles. The van der Waals surface area contributed by atoms with Gasteiger partial charge < -0.3 is 4.90 Å². The molecule has 6 heteroatoms. The van der Waals surface area contributed by atoms with E-state index in [1.54, 1.807) is 0 Å². The molecule has 4 nitrogen and oxygen atoms in total. The van der Waals surface area contributed by atoms with E-state index >= 15 is 0 Å². The predicted molar refractivity (Wildman–Crippen MR) is 107 cm³/mol. The van der Waals surface area contributed by atoms with Crippen molar-refractivity contribution in [2.75, 3.05) is 0 Å². The Hall–Kier alpha value is -2.18. The summed E-state index contributed by atoms with van der Waals surface area (Å²) in [5.41, 5.74) is 2.25. The second-order valence-electron chi connectivity index (χ2n) is 6.01. The number of hydrogen-bond donors (Lipinski definition) is 0. The largest absolute Gasteiger partial charge is 0.333 e. The summed E-state index contributed by atoms with van der Waals surface area (Å²) in [6, 6.07) is 20.2. The standard InChI is InChI=1S/C20H21N3OS2/c1-15(25-20-22-21-16(2)26-20)19(24)23(13-17-9-5-3-6-10-17)14-18-11-7-4-8-12-18/h3-12,15H,13-14H2,1-2H3/t15-/m0/s1. The lowest BCUT2D eigenvalue weighted by molar-refractivity contribution is -0.131. The average molecular weight is 384 g/mol. The van der Waals surface area contributed by atoms with Crippen molar-refractivity contribution in [3.63, 3.8) is 0 Å². The van der Waals surface area contributed by atoms with Crippen molar-refractivity contribution >= 4 is 29.0 Å². The molecule has 0 saturated heterocycles. The number of amides is 1. The van der Waals surface area contributed by atoms with Crippen molar-refractivity contribution in [2.24, 2.45) is 0 Å². The lowest BCUT2D eigenvalue weighted by Crippen LogP contribution is -2.35. The van der Waals surface area contributed by atoms with Crippen LogP contribution in [0.15, 0.2) is 65.0 Å². The molecule has 2 aromatic carbocycles. The Balaban J connectivity index is 1.75. The molecule has 1 atom stereocenters. The summed E-state index contributed by atoms with van der Waals surface area (Å²) in [4.78, 5) is 15.0. The average Bonchev–Trinajstić information content (AvgIpc) is 3.07. The minimum atomic E-state index is -0.213. The van der Waals surface area contributed by atoms with Gasteiger partial charge in [-0.3, -0.25) is 4.79 Å². The van der Waals surface area contributed by atoms with Gasteiger partial charge in [0.1, 0.15) is 5.01 Å². The third-order valence-corrected chi connectivity index (χ3v) is 5.89. The third-order valence-electron chi connectivity index (χ3n) is 3.88. The monoisotopic (exact) mass is 383 g/mol. The molecule has 0 radical (unpaired) electrons. The summed E-state index contributed by atoms with van der Waals surface area (Å²) in [5, 5.41) is 8.86. The number of carbonyl (C=O) groups is 1. The molecule has 0 unspecified atom stereocenters. The van der Waals surface area contributed by atoms with Crippen LogP contribution in [0.1, 0.15) is 23.1 Å². The highest BCUT2D eigenvalue weighted by atomic mass is 32.2. The molecule has 0 saturated carbocycles. The highest BCUT2D eigenvalue weighted by Gasteiger charge is 2.23. The lowest BCUT2D eigenvalue weighted by atomic mass is 10.1. The van der Waals surface area contributed by atoms with Gasteiger partial charge in [0.25, 0.3) is 0 Å². The quantitative estimate of drug-likeness (QED) is 0.561. The molecule has 0 aliphatic carbocycles. The van der Waals surface area contributed by atoms with E-state index in [1.165, 1.54) is 23.1 Å². The number of thioether (sulfide) groups is 1. The van der Waals surface area contributed by atoms with Gasteiger partial charge in [0.2, 0.25) is 5.91 Å². The first-order valence-corrected chi connectivity index (χ1v) is 10.1. The molecule has 26 heavy (non-hydrogen) atoms. The topological polar surface area (TPSA) is 46.1 Å². The molecule has 3 rings (SSSR count). The number of aryl methyl sites for hydroxylation is 1. The molecule has 0 bridgehead atoms. The molecular formula is C20H21N3OS2. The van der Waals surface area contributed by atoms with Gasteiger partial charge in [-0.1, -0.05) is 83.8 Å². The van der Waals surface area contributed by atoms with E-state index in [0.717, 1.165) is 20.5 Å². The molecule has 0 spiro atoms. The van der Waals surface area contributed by atoms with Crippen LogP contribution in [0.2, 0.25) is 0 Å². The summed E-state index contributed by atoms with van der Waals surface area (Å²) < 4.78 is 0.836. The molecule has 0 aliphatic heterocycles. The van der Waals surface area contributed by atoms with Crippen LogP contribution in [0.5, 0.6) is 0 Å². The van der Waals surface area contributed by atoms with Gasteiger partial charge in [-0.05, 0) is 25.0 Å². The van der Waals surface area contributed by atoms with E-state index in [0.29, 0.717) is 13.1 Å². The number of aromatic nitrogens is 2. The van der Waals surface area contributed by atoms with E-state index in [2.05, 4.69) is 34.5 Å². The summed E-state index contributed by atoms with van der Waals surface area (Å²) in [7, 11) is 0. The van der Waals surface area contributed by atoms with Gasteiger partial charge in [0.15, 0.2) is 4.34 Å². The zero-order valence-corrected chi connectivity index (χ0v) is 16.5. The van der Waals surface area contributed by atoms with Gasteiger partial charge in [-0.15, -0.1) is 10.2 Å². The first kappa shape index (κ1) is 18.6. The number of hydrogen-bond acceptors (Lipinski definition) is 5. The maximum absolute atomic E-state index is 13.1. The zero-order valence-electron chi connectivity index (χ0n) is 14.8. The fraction of sp³-hybridized carbons (Fsp3) is 0.250. The van der Waals surface area contributed by atoms with Gasteiger partial charge in [-0.2, -0.15) is 0 Å². The first-order chi connectivity index (χ1) is 12.6. The molecule has 1 amide bonds. The molecule has 0 fully saturated rings. The predicted octanol–water partition coefficient (Wildman–Crippen LogP) is 4.56. The number of benzene rings is 2. The maximum atomic E-state index is 13.1. The smallest absolute Gasteiger partial charge is 0.236 e. The second kappa shape index (κ2) is 8.96. The Morgan fingerprint density at radius 3 is 2.00 bits per heavy atom. The molecule has 0 aliphatic rings. The number of carbonyl (C=O) groups excluding carboxylic acids is 1. The van der Waals surface area contributed by atoms with Gasteiger partial charge in [0, 0.05) is 13.1 Å². The van der Waals surface area contributed by atoms with Crippen LogP contribution in [0, 0.1) is 6.92 Å². The van der Waals surface area contributed by atoms with Crippen molar-refractivity contribution < 1.29 is 4.79 Å². The van der Waals surface area contributed by atoms with Crippen molar-refractivity contribution in [1.82, 2.24) is 15.1 Å². The highest BCUT2D eigenvalue weighted by molar-refractivity contribution is 8.02. The van der Waals surface area contributed by atoms with E-state index in [4.69, 9.17) is 0 Å². The summed E-state index contributed by atoms with van der Waals surface area (Å²) >= 11 is 3.00. The van der Waals surface area contributed by atoms with Crippen molar-refractivity contribution in [2.45, 2.75) is 36.5 Å². The van der Waals surface area contributed by atoms with E-state index in [-0.39, 0.29) is 11.2 Å².